The Morgan fingerprint density at radius 1 is 1.14 bits per heavy atom. The molecule has 112 valence electrons. The largest absolute Gasteiger partial charge is 0.485 e. The lowest BCUT2D eigenvalue weighted by atomic mass is 10.0. The van der Waals surface area contributed by atoms with E-state index < -0.39 is 0 Å². The zero-order chi connectivity index (χ0) is 15.5. The predicted molar refractivity (Wildman–Crippen MR) is 81.3 cm³/mol. The molecule has 2 aromatic carbocycles. The molecule has 1 heterocycles. The summed E-state index contributed by atoms with van der Waals surface area (Å²) in [6.07, 6.45) is -0.157. The van der Waals surface area contributed by atoms with Gasteiger partial charge < -0.3 is 9.47 Å². The summed E-state index contributed by atoms with van der Waals surface area (Å²) < 4.78 is 10.6. The SMILES string of the molecule is O=C1CC(Oc2ccccc2C(=O)c2ccc(Cl)cc2)CO1. The Bertz CT molecular complexity index is 709. The van der Waals surface area contributed by atoms with Gasteiger partial charge in [0.15, 0.2) is 5.78 Å². The second-order valence-corrected chi connectivity index (χ2v) is 5.40. The first kappa shape index (κ1) is 14.6. The van der Waals surface area contributed by atoms with E-state index in [4.69, 9.17) is 21.1 Å². The van der Waals surface area contributed by atoms with E-state index in [0.717, 1.165) is 0 Å². The summed E-state index contributed by atoms with van der Waals surface area (Å²) in [5.41, 5.74) is 0.975. The highest BCUT2D eigenvalue weighted by molar-refractivity contribution is 6.30. The number of benzene rings is 2. The van der Waals surface area contributed by atoms with Crippen LogP contribution in [0.5, 0.6) is 5.75 Å². The zero-order valence-electron chi connectivity index (χ0n) is 11.6. The molecule has 0 radical (unpaired) electrons. The standard InChI is InChI=1S/C17H13ClO4/c18-12-7-5-11(6-8-12)17(20)14-3-1-2-4-15(14)22-13-9-16(19)21-10-13/h1-8,13H,9-10H2. The molecule has 2 aromatic rings. The van der Waals surface area contributed by atoms with Crippen molar-refractivity contribution >= 4 is 23.4 Å². The Balaban J connectivity index is 1.85. The molecule has 0 spiro atoms. The fraction of sp³-hybridized carbons (Fsp3) is 0.176. The van der Waals surface area contributed by atoms with Crippen LogP contribution >= 0.6 is 11.6 Å². The van der Waals surface area contributed by atoms with Gasteiger partial charge in [-0.1, -0.05) is 23.7 Å². The van der Waals surface area contributed by atoms with Gasteiger partial charge >= 0.3 is 5.97 Å². The number of hydrogen-bond donors (Lipinski definition) is 0. The quantitative estimate of drug-likeness (QED) is 0.641. The maximum absolute atomic E-state index is 12.6. The molecule has 22 heavy (non-hydrogen) atoms. The van der Waals surface area contributed by atoms with Crippen LogP contribution in [0.2, 0.25) is 5.02 Å². The van der Waals surface area contributed by atoms with Crippen molar-refractivity contribution in [1.29, 1.82) is 0 Å². The highest BCUT2D eigenvalue weighted by Gasteiger charge is 2.26. The van der Waals surface area contributed by atoms with Crippen molar-refractivity contribution < 1.29 is 19.1 Å². The molecule has 1 aliphatic rings. The minimum atomic E-state index is -0.355. The van der Waals surface area contributed by atoms with E-state index in [1.165, 1.54) is 0 Å². The van der Waals surface area contributed by atoms with Crippen molar-refractivity contribution in [1.82, 2.24) is 0 Å². The van der Waals surface area contributed by atoms with Crippen LogP contribution in [-0.2, 0) is 9.53 Å². The van der Waals surface area contributed by atoms with E-state index in [9.17, 15) is 9.59 Å². The van der Waals surface area contributed by atoms with Gasteiger partial charge in [-0.05, 0) is 36.4 Å². The molecular weight excluding hydrogens is 304 g/mol. The van der Waals surface area contributed by atoms with Crippen LogP contribution in [-0.4, -0.2) is 24.5 Å². The van der Waals surface area contributed by atoms with Crippen LogP contribution in [0, 0.1) is 0 Å². The van der Waals surface area contributed by atoms with E-state index in [0.29, 0.717) is 21.9 Å². The van der Waals surface area contributed by atoms with E-state index in [1.807, 2.05) is 0 Å². The average Bonchev–Trinajstić information content (AvgIpc) is 2.93. The van der Waals surface area contributed by atoms with Crippen LogP contribution in [0.1, 0.15) is 22.3 Å². The summed E-state index contributed by atoms with van der Waals surface area (Å²) in [6, 6.07) is 13.6. The van der Waals surface area contributed by atoms with Crippen LogP contribution in [0.25, 0.3) is 0 Å². The lowest BCUT2D eigenvalue weighted by Crippen LogP contribution is -2.18. The van der Waals surface area contributed by atoms with Crippen molar-refractivity contribution in [3.05, 3.63) is 64.7 Å². The van der Waals surface area contributed by atoms with Gasteiger partial charge in [0.2, 0.25) is 0 Å². The number of hydrogen-bond acceptors (Lipinski definition) is 4. The predicted octanol–water partition coefficient (Wildman–Crippen LogP) is 3.27. The molecule has 1 fully saturated rings. The number of carbonyl (C=O) groups is 2. The number of para-hydroxylation sites is 1. The highest BCUT2D eigenvalue weighted by Crippen LogP contribution is 2.25. The van der Waals surface area contributed by atoms with Crippen LogP contribution in [0.3, 0.4) is 0 Å². The Hall–Kier alpha value is -2.33. The molecule has 3 rings (SSSR count). The third-order valence-corrected chi connectivity index (χ3v) is 3.61. The highest BCUT2D eigenvalue weighted by atomic mass is 35.5. The molecular formula is C17H13ClO4. The van der Waals surface area contributed by atoms with Crippen molar-refractivity contribution in [2.24, 2.45) is 0 Å². The fourth-order valence-electron chi connectivity index (χ4n) is 2.26. The molecule has 0 bridgehead atoms. The molecule has 4 nitrogen and oxygen atoms in total. The topological polar surface area (TPSA) is 52.6 Å². The van der Waals surface area contributed by atoms with Crippen LogP contribution in [0.4, 0.5) is 0 Å². The Labute approximate surface area is 132 Å². The summed E-state index contributed by atoms with van der Waals surface area (Å²) in [6.45, 7) is 0.211. The second-order valence-electron chi connectivity index (χ2n) is 4.96. The summed E-state index contributed by atoms with van der Waals surface area (Å²) in [4.78, 5) is 23.7. The molecule has 1 saturated heterocycles. The maximum Gasteiger partial charge on any atom is 0.309 e. The fourth-order valence-corrected chi connectivity index (χ4v) is 2.38. The van der Waals surface area contributed by atoms with Gasteiger partial charge in [0.1, 0.15) is 18.5 Å². The summed E-state index contributed by atoms with van der Waals surface area (Å²) in [5, 5.41) is 0.572. The van der Waals surface area contributed by atoms with Crippen molar-refractivity contribution in [2.75, 3.05) is 6.61 Å². The minimum Gasteiger partial charge on any atom is -0.485 e. The van der Waals surface area contributed by atoms with Gasteiger partial charge in [-0.25, -0.2) is 0 Å². The molecule has 0 saturated carbocycles. The summed E-state index contributed by atoms with van der Waals surface area (Å²) >= 11 is 5.84. The third-order valence-electron chi connectivity index (χ3n) is 3.36. The summed E-state index contributed by atoms with van der Waals surface area (Å²) in [7, 11) is 0. The molecule has 0 amide bonds. The number of rotatable bonds is 4. The smallest absolute Gasteiger partial charge is 0.309 e. The molecule has 0 aromatic heterocycles. The first-order valence-corrected chi connectivity index (χ1v) is 7.23. The number of ketones is 1. The first-order chi connectivity index (χ1) is 10.6. The van der Waals surface area contributed by atoms with Crippen molar-refractivity contribution in [3.63, 3.8) is 0 Å². The van der Waals surface area contributed by atoms with E-state index in [2.05, 4.69) is 0 Å². The number of esters is 1. The van der Waals surface area contributed by atoms with Gasteiger partial charge in [-0.2, -0.15) is 0 Å². The Morgan fingerprint density at radius 3 is 2.55 bits per heavy atom. The molecule has 0 aliphatic carbocycles. The number of ether oxygens (including phenoxy) is 2. The Kier molecular flexibility index (Phi) is 4.11. The van der Waals surface area contributed by atoms with Crippen LogP contribution in [0.15, 0.2) is 48.5 Å². The lowest BCUT2D eigenvalue weighted by molar-refractivity contribution is -0.137. The van der Waals surface area contributed by atoms with Gasteiger partial charge in [-0.3, -0.25) is 9.59 Å². The van der Waals surface area contributed by atoms with E-state index in [1.54, 1.807) is 48.5 Å². The average molecular weight is 317 g/mol. The molecule has 0 N–H and O–H groups in total. The number of carbonyl (C=O) groups excluding carboxylic acids is 2. The lowest BCUT2D eigenvalue weighted by Gasteiger charge is -2.14. The maximum atomic E-state index is 12.6. The zero-order valence-corrected chi connectivity index (χ0v) is 12.4. The number of halogens is 1. The first-order valence-electron chi connectivity index (χ1n) is 6.85. The van der Waals surface area contributed by atoms with E-state index >= 15 is 0 Å². The molecule has 1 aliphatic heterocycles. The van der Waals surface area contributed by atoms with Gasteiger partial charge in [0.05, 0.1) is 12.0 Å². The normalized spacial score (nSPS) is 17.1. The molecule has 1 atom stereocenters. The molecule has 5 heteroatoms. The van der Waals surface area contributed by atoms with Gasteiger partial charge in [-0.15, -0.1) is 0 Å². The molecule has 1 unspecified atom stereocenters. The van der Waals surface area contributed by atoms with Gasteiger partial charge in [0.25, 0.3) is 0 Å². The van der Waals surface area contributed by atoms with Crippen molar-refractivity contribution in [2.45, 2.75) is 12.5 Å². The third kappa shape index (κ3) is 3.12. The monoisotopic (exact) mass is 316 g/mol. The van der Waals surface area contributed by atoms with Crippen LogP contribution < -0.4 is 4.74 Å². The minimum absolute atomic E-state index is 0.155. The van der Waals surface area contributed by atoms with E-state index in [-0.39, 0.29) is 30.9 Å². The number of cyclic esters (lactones) is 1. The van der Waals surface area contributed by atoms with Gasteiger partial charge in [0, 0.05) is 10.6 Å². The Morgan fingerprint density at radius 2 is 1.86 bits per heavy atom. The second kappa shape index (κ2) is 6.20. The summed E-state index contributed by atoms with van der Waals surface area (Å²) in [5.74, 6) is 0.00904. The van der Waals surface area contributed by atoms with Crippen molar-refractivity contribution in [3.8, 4) is 5.75 Å².